The summed E-state index contributed by atoms with van der Waals surface area (Å²) in [7, 11) is 0. The molecule has 0 spiro atoms. The molecule has 3 rings (SSSR count). The van der Waals surface area contributed by atoms with Crippen molar-refractivity contribution >= 4 is 17.2 Å². The number of aromatic nitrogens is 1. The molecule has 1 amide bonds. The summed E-state index contributed by atoms with van der Waals surface area (Å²) in [6, 6.07) is 20.0. The topological polar surface area (TPSA) is 59.2 Å². The van der Waals surface area contributed by atoms with E-state index >= 15 is 0 Å². The average molecular weight is 394 g/mol. The van der Waals surface area contributed by atoms with Crippen molar-refractivity contribution in [2.24, 2.45) is 11.7 Å². The molecule has 5 heteroatoms. The van der Waals surface area contributed by atoms with Crippen molar-refractivity contribution in [3.8, 4) is 10.4 Å². The lowest BCUT2D eigenvalue weighted by Gasteiger charge is -2.33. The van der Waals surface area contributed by atoms with E-state index in [0.29, 0.717) is 18.8 Å². The van der Waals surface area contributed by atoms with E-state index < -0.39 is 0 Å². The number of amides is 1. The SMILES string of the molecule is Cc1nc(C(=O)N(Cc2ccccc2)[C@H](CN)C(C)C)c(-c2ccccc2)s1. The first-order valence-electron chi connectivity index (χ1n) is 9.59. The summed E-state index contributed by atoms with van der Waals surface area (Å²) >= 11 is 1.56. The Bertz CT molecular complexity index is 906. The highest BCUT2D eigenvalue weighted by Crippen LogP contribution is 2.32. The number of rotatable bonds is 7. The minimum absolute atomic E-state index is 0.0571. The van der Waals surface area contributed by atoms with E-state index in [1.807, 2.05) is 72.5 Å². The predicted molar refractivity (Wildman–Crippen MR) is 116 cm³/mol. The van der Waals surface area contributed by atoms with Gasteiger partial charge in [0.05, 0.1) is 9.88 Å². The van der Waals surface area contributed by atoms with Crippen molar-refractivity contribution in [1.82, 2.24) is 9.88 Å². The molecule has 146 valence electrons. The number of aryl methyl sites for hydroxylation is 1. The van der Waals surface area contributed by atoms with Crippen molar-refractivity contribution in [3.63, 3.8) is 0 Å². The molecule has 1 aromatic heterocycles. The van der Waals surface area contributed by atoms with Gasteiger partial charge in [-0.1, -0.05) is 74.5 Å². The molecule has 0 bridgehead atoms. The Morgan fingerprint density at radius 1 is 1.07 bits per heavy atom. The molecule has 0 radical (unpaired) electrons. The van der Waals surface area contributed by atoms with E-state index in [-0.39, 0.29) is 17.9 Å². The van der Waals surface area contributed by atoms with Crippen LogP contribution in [0.3, 0.4) is 0 Å². The van der Waals surface area contributed by atoms with Gasteiger partial charge in [-0.15, -0.1) is 11.3 Å². The van der Waals surface area contributed by atoms with Crippen LogP contribution in [-0.4, -0.2) is 28.4 Å². The van der Waals surface area contributed by atoms with Crippen molar-refractivity contribution in [3.05, 3.63) is 76.9 Å². The Morgan fingerprint density at radius 2 is 1.68 bits per heavy atom. The van der Waals surface area contributed by atoms with Gasteiger partial charge in [0, 0.05) is 19.1 Å². The van der Waals surface area contributed by atoms with E-state index in [0.717, 1.165) is 21.0 Å². The number of nitrogens with two attached hydrogens (primary N) is 1. The van der Waals surface area contributed by atoms with Gasteiger partial charge < -0.3 is 10.6 Å². The first-order chi connectivity index (χ1) is 13.5. The molecule has 4 nitrogen and oxygen atoms in total. The Morgan fingerprint density at radius 3 is 2.25 bits per heavy atom. The third kappa shape index (κ3) is 4.49. The molecule has 2 N–H and O–H groups in total. The highest BCUT2D eigenvalue weighted by molar-refractivity contribution is 7.15. The second-order valence-corrected chi connectivity index (χ2v) is 8.45. The molecule has 0 fully saturated rings. The average Bonchev–Trinajstić information content (AvgIpc) is 3.10. The molecule has 28 heavy (non-hydrogen) atoms. The van der Waals surface area contributed by atoms with E-state index in [4.69, 9.17) is 5.73 Å². The third-order valence-electron chi connectivity index (χ3n) is 4.84. The number of hydrogen-bond donors (Lipinski definition) is 1. The Balaban J connectivity index is 2.02. The van der Waals surface area contributed by atoms with E-state index in [1.165, 1.54) is 0 Å². The molecule has 0 saturated heterocycles. The number of hydrogen-bond acceptors (Lipinski definition) is 4. The number of carbonyl (C=O) groups is 1. The van der Waals surface area contributed by atoms with Crippen LogP contribution < -0.4 is 5.73 Å². The summed E-state index contributed by atoms with van der Waals surface area (Å²) in [5.74, 6) is 0.189. The monoisotopic (exact) mass is 393 g/mol. The number of benzene rings is 2. The maximum atomic E-state index is 13.7. The van der Waals surface area contributed by atoms with Crippen molar-refractivity contribution in [1.29, 1.82) is 0 Å². The van der Waals surface area contributed by atoms with Crippen molar-refractivity contribution < 1.29 is 4.79 Å². The molecule has 1 heterocycles. The fourth-order valence-electron chi connectivity index (χ4n) is 3.37. The lowest BCUT2D eigenvalue weighted by atomic mass is 10.0. The molecule has 0 aliphatic rings. The Kier molecular flexibility index (Phi) is 6.60. The molecule has 0 aliphatic heterocycles. The molecule has 0 aliphatic carbocycles. The number of carbonyl (C=O) groups excluding carboxylic acids is 1. The van der Waals surface area contributed by atoms with Gasteiger partial charge in [0.25, 0.3) is 5.91 Å². The molecule has 2 aromatic carbocycles. The highest BCUT2D eigenvalue weighted by Gasteiger charge is 2.30. The smallest absolute Gasteiger partial charge is 0.274 e. The fourth-order valence-corrected chi connectivity index (χ4v) is 4.29. The first kappa shape index (κ1) is 20.2. The highest BCUT2D eigenvalue weighted by atomic mass is 32.1. The van der Waals surface area contributed by atoms with E-state index in [2.05, 4.69) is 18.8 Å². The van der Waals surface area contributed by atoms with Gasteiger partial charge in [-0.3, -0.25) is 4.79 Å². The maximum absolute atomic E-state index is 13.7. The standard InChI is InChI=1S/C23H27N3OS/c1-16(2)20(14-24)26(15-18-10-6-4-7-11-18)23(27)21-22(28-17(3)25-21)19-12-8-5-9-13-19/h4-13,16,20H,14-15,24H2,1-3H3/t20-/m1/s1. The maximum Gasteiger partial charge on any atom is 0.274 e. The Labute approximate surface area is 171 Å². The van der Waals surface area contributed by atoms with Gasteiger partial charge in [-0.05, 0) is 24.0 Å². The van der Waals surface area contributed by atoms with Crippen molar-refractivity contribution in [2.45, 2.75) is 33.4 Å². The summed E-state index contributed by atoms with van der Waals surface area (Å²) in [5.41, 5.74) is 8.71. The van der Waals surface area contributed by atoms with Gasteiger partial charge in [0.15, 0.2) is 0 Å². The zero-order chi connectivity index (χ0) is 20.1. The lowest BCUT2D eigenvalue weighted by molar-refractivity contribution is 0.0610. The van der Waals surface area contributed by atoms with Gasteiger partial charge in [-0.25, -0.2) is 4.98 Å². The van der Waals surface area contributed by atoms with Gasteiger partial charge >= 0.3 is 0 Å². The van der Waals surface area contributed by atoms with Crippen LogP contribution in [0.25, 0.3) is 10.4 Å². The normalized spacial score (nSPS) is 12.2. The predicted octanol–water partition coefficient (Wildman–Crippen LogP) is 4.74. The Hall–Kier alpha value is -2.50. The quantitative estimate of drug-likeness (QED) is 0.630. The lowest BCUT2D eigenvalue weighted by Crippen LogP contribution is -2.47. The van der Waals surface area contributed by atoms with Crippen LogP contribution in [0.4, 0.5) is 0 Å². The number of thiazole rings is 1. The second kappa shape index (κ2) is 9.13. The minimum atomic E-state index is -0.0591. The van der Waals surface area contributed by atoms with Crippen molar-refractivity contribution in [2.75, 3.05) is 6.54 Å². The molecule has 1 atom stereocenters. The zero-order valence-electron chi connectivity index (χ0n) is 16.6. The molecule has 3 aromatic rings. The van der Waals surface area contributed by atoms with Crippen LogP contribution in [0.5, 0.6) is 0 Å². The minimum Gasteiger partial charge on any atom is -0.328 e. The van der Waals surface area contributed by atoms with E-state index in [9.17, 15) is 4.79 Å². The van der Waals surface area contributed by atoms with Crippen LogP contribution in [0.1, 0.15) is 34.9 Å². The summed E-state index contributed by atoms with van der Waals surface area (Å²) in [6.45, 7) is 7.09. The molecular weight excluding hydrogens is 366 g/mol. The van der Waals surface area contributed by atoms with Crippen LogP contribution in [0.15, 0.2) is 60.7 Å². The summed E-state index contributed by atoms with van der Waals surface area (Å²) in [6.07, 6.45) is 0. The van der Waals surface area contributed by atoms with Crippen LogP contribution >= 0.6 is 11.3 Å². The van der Waals surface area contributed by atoms with Gasteiger partial charge in [0.2, 0.25) is 0 Å². The van der Waals surface area contributed by atoms with E-state index in [1.54, 1.807) is 11.3 Å². The first-order valence-corrected chi connectivity index (χ1v) is 10.4. The second-order valence-electron chi connectivity index (χ2n) is 7.24. The largest absolute Gasteiger partial charge is 0.328 e. The molecule has 0 saturated carbocycles. The molecular formula is C23H27N3OS. The zero-order valence-corrected chi connectivity index (χ0v) is 17.4. The van der Waals surface area contributed by atoms with Crippen LogP contribution in [0.2, 0.25) is 0 Å². The summed E-state index contributed by atoms with van der Waals surface area (Å²) in [5, 5.41) is 0.885. The van der Waals surface area contributed by atoms with Crippen LogP contribution in [0, 0.1) is 12.8 Å². The molecule has 0 unspecified atom stereocenters. The summed E-state index contributed by atoms with van der Waals surface area (Å²) < 4.78 is 0. The van der Waals surface area contributed by atoms with Gasteiger partial charge in [0.1, 0.15) is 5.69 Å². The van der Waals surface area contributed by atoms with Gasteiger partial charge in [-0.2, -0.15) is 0 Å². The van der Waals surface area contributed by atoms with Crippen LogP contribution in [-0.2, 0) is 6.54 Å². The number of nitrogens with zero attached hydrogens (tertiary/aromatic N) is 2. The summed E-state index contributed by atoms with van der Waals surface area (Å²) in [4.78, 5) is 21.1. The fraction of sp³-hybridized carbons (Fsp3) is 0.304. The third-order valence-corrected chi connectivity index (χ3v) is 5.86.